The fourth-order valence-electron chi connectivity index (χ4n) is 4.47. The summed E-state index contributed by atoms with van der Waals surface area (Å²) in [7, 11) is 1.59. The number of hydrogen-bond acceptors (Lipinski definition) is 5. The highest BCUT2D eigenvalue weighted by molar-refractivity contribution is 6.41. The molecule has 0 amide bonds. The van der Waals surface area contributed by atoms with E-state index in [0.717, 1.165) is 16.7 Å². The van der Waals surface area contributed by atoms with E-state index < -0.39 is 11.9 Å². The molecule has 0 radical (unpaired) electrons. The SMILES string of the molecule is COc1cc2c(c(C(C)(C)C)c1)OC(=O)/C2=C1/C(=O)Oc2c1cc(C(C)(C)C)cc2C(C)(C)C. The van der Waals surface area contributed by atoms with Crippen molar-refractivity contribution in [3.05, 3.63) is 52.1 Å². The molecule has 2 aromatic carbocycles. The summed E-state index contributed by atoms with van der Waals surface area (Å²) >= 11 is 0. The van der Waals surface area contributed by atoms with E-state index in [2.05, 4.69) is 47.6 Å². The molecule has 0 aromatic heterocycles. The molecular formula is C29H34O5. The Kier molecular flexibility index (Phi) is 5.28. The van der Waals surface area contributed by atoms with Crippen molar-refractivity contribution >= 4 is 23.1 Å². The summed E-state index contributed by atoms with van der Waals surface area (Å²) in [4.78, 5) is 26.6. The minimum atomic E-state index is -0.549. The molecule has 34 heavy (non-hydrogen) atoms. The zero-order valence-electron chi connectivity index (χ0n) is 21.9. The number of carbonyl (C=O) groups is 2. The van der Waals surface area contributed by atoms with Crippen molar-refractivity contribution in [3.8, 4) is 17.2 Å². The van der Waals surface area contributed by atoms with Crippen molar-refractivity contribution in [3.63, 3.8) is 0 Å². The predicted octanol–water partition coefficient (Wildman–Crippen LogP) is 6.34. The Morgan fingerprint density at radius 1 is 0.618 bits per heavy atom. The summed E-state index contributed by atoms with van der Waals surface area (Å²) in [5.74, 6) is 0.516. The van der Waals surface area contributed by atoms with E-state index in [4.69, 9.17) is 14.2 Å². The van der Waals surface area contributed by atoms with Gasteiger partial charge in [-0.3, -0.25) is 0 Å². The standard InChI is InChI=1S/C29H34O5/c1-27(2,3)15-11-17-21(25(30)33-23(17)19(12-15)28(4,5)6)22-18-13-16(32-10)14-20(29(7,8)9)24(18)34-26(22)31/h11-14H,1-10H3/b22-21+. The van der Waals surface area contributed by atoms with Crippen LogP contribution in [0.2, 0.25) is 0 Å². The van der Waals surface area contributed by atoms with E-state index in [1.54, 1.807) is 13.2 Å². The van der Waals surface area contributed by atoms with Gasteiger partial charge in [-0.15, -0.1) is 0 Å². The number of esters is 2. The van der Waals surface area contributed by atoms with Gasteiger partial charge in [-0.25, -0.2) is 9.59 Å². The van der Waals surface area contributed by atoms with Crippen molar-refractivity contribution in [2.24, 2.45) is 0 Å². The first kappa shape index (κ1) is 24.1. The van der Waals surface area contributed by atoms with Crippen molar-refractivity contribution in [1.82, 2.24) is 0 Å². The number of fused-ring (bicyclic) bond motifs is 2. The van der Waals surface area contributed by atoms with Gasteiger partial charge in [0.2, 0.25) is 0 Å². The molecule has 0 saturated heterocycles. The van der Waals surface area contributed by atoms with E-state index in [1.165, 1.54) is 0 Å². The molecule has 0 bridgehead atoms. The molecule has 0 atom stereocenters. The Morgan fingerprint density at radius 3 is 1.47 bits per heavy atom. The second kappa shape index (κ2) is 7.46. The van der Waals surface area contributed by atoms with Gasteiger partial charge in [-0.2, -0.15) is 0 Å². The topological polar surface area (TPSA) is 61.8 Å². The molecule has 2 aliphatic rings. The minimum absolute atomic E-state index is 0.160. The van der Waals surface area contributed by atoms with Crippen LogP contribution in [0.3, 0.4) is 0 Å². The minimum Gasteiger partial charge on any atom is -0.497 e. The molecule has 2 aliphatic heterocycles. The lowest BCUT2D eigenvalue weighted by atomic mass is 9.78. The quantitative estimate of drug-likeness (QED) is 0.281. The molecule has 5 nitrogen and oxygen atoms in total. The number of methoxy groups -OCH3 is 1. The van der Waals surface area contributed by atoms with Crippen molar-refractivity contribution in [2.45, 2.75) is 78.6 Å². The maximum atomic E-state index is 13.3. The van der Waals surface area contributed by atoms with E-state index in [0.29, 0.717) is 28.4 Å². The molecular weight excluding hydrogens is 428 g/mol. The molecule has 4 rings (SSSR count). The van der Waals surface area contributed by atoms with Crippen molar-refractivity contribution in [1.29, 1.82) is 0 Å². The molecule has 0 fully saturated rings. The van der Waals surface area contributed by atoms with Gasteiger partial charge in [-0.1, -0.05) is 68.4 Å². The van der Waals surface area contributed by atoms with Gasteiger partial charge in [0.15, 0.2) is 0 Å². The maximum absolute atomic E-state index is 13.3. The smallest absolute Gasteiger partial charge is 0.345 e. The molecule has 2 heterocycles. The first-order valence-electron chi connectivity index (χ1n) is 11.6. The summed E-state index contributed by atoms with van der Waals surface area (Å²) in [6.45, 7) is 18.8. The fraction of sp³-hybridized carbons (Fsp3) is 0.448. The van der Waals surface area contributed by atoms with Gasteiger partial charge in [0.05, 0.1) is 18.3 Å². The van der Waals surface area contributed by atoms with Crippen LogP contribution < -0.4 is 14.2 Å². The van der Waals surface area contributed by atoms with Crippen LogP contribution in [0, 0.1) is 0 Å². The maximum Gasteiger partial charge on any atom is 0.345 e. The molecule has 0 unspecified atom stereocenters. The van der Waals surface area contributed by atoms with Crippen LogP contribution >= 0.6 is 0 Å². The third kappa shape index (κ3) is 3.81. The lowest BCUT2D eigenvalue weighted by molar-refractivity contribution is -0.129. The van der Waals surface area contributed by atoms with Crippen molar-refractivity contribution < 1.29 is 23.8 Å². The largest absolute Gasteiger partial charge is 0.497 e. The third-order valence-corrected chi connectivity index (χ3v) is 6.46. The van der Waals surface area contributed by atoms with Gasteiger partial charge >= 0.3 is 11.9 Å². The van der Waals surface area contributed by atoms with E-state index in [1.807, 2.05) is 32.9 Å². The van der Waals surface area contributed by atoms with E-state index >= 15 is 0 Å². The Morgan fingerprint density at radius 2 is 1.06 bits per heavy atom. The average molecular weight is 463 g/mol. The summed E-state index contributed by atoms with van der Waals surface area (Å²) in [5.41, 5.74) is 3.82. The van der Waals surface area contributed by atoms with Crippen LogP contribution in [0.25, 0.3) is 11.1 Å². The Hall–Kier alpha value is -3.08. The Labute approximate surface area is 202 Å². The van der Waals surface area contributed by atoms with Crippen LogP contribution in [0.5, 0.6) is 17.2 Å². The van der Waals surface area contributed by atoms with Crippen LogP contribution in [-0.2, 0) is 25.8 Å². The molecule has 5 heteroatoms. The van der Waals surface area contributed by atoms with Crippen LogP contribution in [0.4, 0.5) is 0 Å². The van der Waals surface area contributed by atoms with E-state index in [-0.39, 0.29) is 27.4 Å². The monoisotopic (exact) mass is 462 g/mol. The number of benzene rings is 2. The predicted molar refractivity (Wildman–Crippen MR) is 134 cm³/mol. The van der Waals surface area contributed by atoms with Crippen LogP contribution in [0.15, 0.2) is 24.3 Å². The third-order valence-electron chi connectivity index (χ3n) is 6.46. The zero-order chi connectivity index (χ0) is 25.4. The molecule has 2 aromatic rings. The lowest BCUT2D eigenvalue weighted by Gasteiger charge is -2.26. The number of hydrogen-bond donors (Lipinski definition) is 0. The number of carbonyl (C=O) groups excluding carboxylic acids is 2. The van der Waals surface area contributed by atoms with Crippen molar-refractivity contribution in [2.75, 3.05) is 7.11 Å². The van der Waals surface area contributed by atoms with Crippen LogP contribution in [0.1, 0.15) is 90.1 Å². The molecule has 180 valence electrons. The summed E-state index contributed by atoms with van der Waals surface area (Å²) in [6.07, 6.45) is 0. The molecule has 0 spiro atoms. The van der Waals surface area contributed by atoms with Crippen LogP contribution in [-0.4, -0.2) is 19.0 Å². The average Bonchev–Trinajstić information content (AvgIpc) is 3.18. The van der Waals surface area contributed by atoms with E-state index in [9.17, 15) is 9.59 Å². The van der Waals surface area contributed by atoms with Gasteiger partial charge in [0.25, 0.3) is 0 Å². The Balaban J connectivity index is 2.10. The molecule has 0 aliphatic carbocycles. The van der Waals surface area contributed by atoms with Gasteiger partial charge in [0.1, 0.15) is 17.2 Å². The fourth-order valence-corrected chi connectivity index (χ4v) is 4.47. The lowest BCUT2D eigenvalue weighted by Crippen LogP contribution is -2.17. The molecule has 0 saturated carbocycles. The molecule has 0 N–H and O–H groups in total. The second-order valence-electron chi connectivity index (χ2n) is 12.2. The second-order valence-corrected chi connectivity index (χ2v) is 12.2. The number of rotatable bonds is 1. The first-order chi connectivity index (χ1) is 15.5. The highest BCUT2D eigenvalue weighted by Gasteiger charge is 2.43. The normalized spacial score (nSPS) is 17.9. The first-order valence-corrected chi connectivity index (χ1v) is 11.6. The summed E-state index contributed by atoms with van der Waals surface area (Å²) in [6, 6.07) is 7.74. The van der Waals surface area contributed by atoms with Gasteiger partial charge in [0, 0.05) is 22.3 Å². The summed E-state index contributed by atoms with van der Waals surface area (Å²) in [5, 5.41) is 0. The Bertz CT molecular complexity index is 1260. The zero-order valence-corrected chi connectivity index (χ0v) is 21.9. The highest BCUT2D eigenvalue weighted by Crippen LogP contribution is 2.51. The number of ether oxygens (including phenoxy) is 3. The summed E-state index contributed by atoms with van der Waals surface area (Å²) < 4.78 is 17.2. The highest BCUT2D eigenvalue weighted by atomic mass is 16.5. The van der Waals surface area contributed by atoms with Gasteiger partial charge in [-0.05, 0) is 40.0 Å². The van der Waals surface area contributed by atoms with Gasteiger partial charge < -0.3 is 14.2 Å².